The van der Waals surface area contributed by atoms with Crippen LogP contribution in [0.15, 0.2) is 24.3 Å². The van der Waals surface area contributed by atoms with Crippen LogP contribution in [0.3, 0.4) is 0 Å². The topological polar surface area (TPSA) is 6.48 Å². The van der Waals surface area contributed by atoms with Gasteiger partial charge in [-0.3, -0.25) is 9.80 Å². The van der Waals surface area contributed by atoms with Gasteiger partial charge in [0, 0.05) is 23.7 Å². The van der Waals surface area contributed by atoms with E-state index in [-0.39, 0.29) is 0 Å². The Balaban J connectivity index is 2.17. The molecule has 20 heavy (non-hydrogen) atoms. The summed E-state index contributed by atoms with van der Waals surface area (Å²) in [7, 11) is 0. The summed E-state index contributed by atoms with van der Waals surface area (Å²) in [5.41, 5.74) is 1.28. The quantitative estimate of drug-likeness (QED) is 0.727. The van der Waals surface area contributed by atoms with Crippen molar-refractivity contribution in [2.75, 3.05) is 26.2 Å². The van der Waals surface area contributed by atoms with Gasteiger partial charge >= 0.3 is 0 Å². The third kappa shape index (κ3) is 3.75. The van der Waals surface area contributed by atoms with Crippen LogP contribution in [0.1, 0.15) is 51.3 Å². The zero-order chi connectivity index (χ0) is 14.4. The molecule has 0 radical (unpaired) electrons. The van der Waals surface area contributed by atoms with Crippen molar-refractivity contribution in [3.8, 4) is 0 Å². The molecule has 0 saturated carbocycles. The molecule has 0 aromatic heterocycles. The van der Waals surface area contributed by atoms with Crippen LogP contribution in [0.5, 0.6) is 0 Å². The van der Waals surface area contributed by atoms with Crippen molar-refractivity contribution >= 4 is 11.6 Å². The van der Waals surface area contributed by atoms with Crippen LogP contribution in [0.25, 0.3) is 0 Å². The first kappa shape index (κ1) is 15.8. The molecule has 1 heterocycles. The fraction of sp³-hybridized carbons (Fsp3) is 0.647. The molecule has 1 aromatic carbocycles. The van der Waals surface area contributed by atoms with E-state index >= 15 is 0 Å². The highest BCUT2D eigenvalue weighted by molar-refractivity contribution is 6.31. The van der Waals surface area contributed by atoms with E-state index in [1.165, 1.54) is 57.4 Å². The van der Waals surface area contributed by atoms with Crippen LogP contribution in [0.4, 0.5) is 0 Å². The lowest BCUT2D eigenvalue weighted by Gasteiger charge is -2.31. The zero-order valence-corrected chi connectivity index (χ0v) is 13.6. The Kier molecular flexibility index (Phi) is 6.34. The SMILES string of the molecule is CCCCN1CCN(CCCC)C1c1ccccc1Cl. The molecule has 0 atom stereocenters. The van der Waals surface area contributed by atoms with E-state index in [2.05, 4.69) is 35.8 Å². The molecule has 0 aliphatic carbocycles. The van der Waals surface area contributed by atoms with Crippen molar-refractivity contribution in [3.63, 3.8) is 0 Å². The van der Waals surface area contributed by atoms with Crippen LogP contribution in [-0.2, 0) is 0 Å². The molecular formula is C17H27ClN2. The maximum absolute atomic E-state index is 6.45. The molecule has 1 aromatic rings. The maximum atomic E-state index is 6.45. The van der Waals surface area contributed by atoms with E-state index in [0.717, 1.165) is 5.02 Å². The Morgan fingerprint density at radius 3 is 2.05 bits per heavy atom. The Morgan fingerprint density at radius 2 is 1.55 bits per heavy atom. The number of rotatable bonds is 7. The number of benzene rings is 1. The first-order valence-corrected chi connectivity index (χ1v) is 8.38. The summed E-state index contributed by atoms with van der Waals surface area (Å²) in [5, 5.41) is 0.905. The average Bonchev–Trinajstić information content (AvgIpc) is 2.86. The van der Waals surface area contributed by atoms with Gasteiger partial charge in [-0.2, -0.15) is 0 Å². The molecule has 112 valence electrons. The number of unbranched alkanes of at least 4 members (excludes halogenated alkanes) is 2. The highest BCUT2D eigenvalue weighted by atomic mass is 35.5. The van der Waals surface area contributed by atoms with Gasteiger partial charge in [-0.25, -0.2) is 0 Å². The molecule has 3 heteroatoms. The highest BCUT2D eigenvalue weighted by Crippen LogP contribution is 2.34. The minimum atomic E-state index is 0.377. The summed E-state index contributed by atoms with van der Waals surface area (Å²) in [6.07, 6.45) is 5.41. The second-order valence-corrected chi connectivity index (χ2v) is 6.08. The standard InChI is InChI=1S/C17H27ClN2/c1-3-5-11-19-13-14-20(12-6-4-2)17(19)15-9-7-8-10-16(15)18/h7-10,17H,3-6,11-14H2,1-2H3. The van der Waals surface area contributed by atoms with Gasteiger partial charge in [0.1, 0.15) is 0 Å². The van der Waals surface area contributed by atoms with Crippen molar-refractivity contribution in [1.82, 2.24) is 9.80 Å². The van der Waals surface area contributed by atoms with Gasteiger partial charge in [0.25, 0.3) is 0 Å². The van der Waals surface area contributed by atoms with E-state index < -0.39 is 0 Å². The molecular weight excluding hydrogens is 268 g/mol. The molecule has 1 fully saturated rings. The maximum Gasteiger partial charge on any atom is 0.0901 e. The minimum Gasteiger partial charge on any atom is -0.283 e. The third-order valence-corrected chi connectivity index (χ3v) is 4.49. The molecule has 2 rings (SSSR count). The van der Waals surface area contributed by atoms with E-state index in [1.807, 2.05) is 12.1 Å². The molecule has 1 aliphatic heterocycles. The molecule has 0 N–H and O–H groups in total. The van der Waals surface area contributed by atoms with E-state index in [4.69, 9.17) is 11.6 Å². The zero-order valence-electron chi connectivity index (χ0n) is 12.8. The van der Waals surface area contributed by atoms with Crippen LogP contribution < -0.4 is 0 Å². The number of halogens is 1. The largest absolute Gasteiger partial charge is 0.283 e. The smallest absolute Gasteiger partial charge is 0.0901 e. The monoisotopic (exact) mass is 294 g/mol. The van der Waals surface area contributed by atoms with E-state index in [1.54, 1.807) is 0 Å². The van der Waals surface area contributed by atoms with Crippen molar-refractivity contribution < 1.29 is 0 Å². The first-order chi connectivity index (χ1) is 9.77. The summed E-state index contributed by atoms with van der Waals surface area (Å²) in [6.45, 7) is 9.20. The Labute approximate surface area is 128 Å². The highest BCUT2D eigenvalue weighted by Gasteiger charge is 2.33. The van der Waals surface area contributed by atoms with Gasteiger partial charge in [0.05, 0.1) is 6.17 Å². The lowest BCUT2D eigenvalue weighted by atomic mass is 10.1. The Hall–Kier alpha value is -0.570. The molecule has 1 saturated heterocycles. The van der Waals surface area contributed by atoms with Gasteiger partial charge in [0.2, 0.25) is 0 Å². The van der Waals surface area contributed by atoms with E-state index in [9.17, 15) is 0 Å². The number of nitrogens with zero attached hydrogens (tertiary/aromatic N) is 2. The van der Waals surface area contributed by atoms with Crippen LogP contribution in [0.2, 0.25) is 5.02 Å². The van der Waals surface area contributed by atoms with E-state index in [0.29, 0.717) is 6.17 Å². The van der Waals surface area contributed by atoms with Crippen LogP contribution in [-0.4, -0.2) is 36.0 Å². The number of hydrogen-bond acceptors (Lipinski definition) is 2. The summed E-state index contributed by atoms with van der Waals surface area (Å²) in [5.74, 6) is 0. The molecule has 0 spiro atoms. The first-order valence-electron chi connectivity index (χ1n) is 8.00. The van der Waals surface area contributed by atoms with Crippen LogP contribution >= 0.6 is 11.6 Å². The normalized spacial score (nSPS) is 17.9. The van der Waals surface area contributed by atoms with Gasteiger partial charge in [-0.15, -0.1) is 0 Å². The fourth-order valence-electron chi connectivity index (χ4n) is 3.00. The predicted molar refractivity (Wildman–Crippen MR) is 87.2 cm³/mol. The minimum absolute atomic E-state index is 0.377. The lowest BCUT2D eigenvalue weighted by Crippen LogP contribution is -2.32. The predicted octanol–water partition coefficient (Wildman–Crippen LogP) is 4.56. The van der Waals surface area contributed by atoms with Crippen LogP contribution in [0, 0.1) is 0 Å². The second-order valence-electron chi connectivity index (χ2n) is 5.67. The van der Waals surface area contributed by atoms with Gasteiger partial charge in [0.15, 0.2) is 0 Å². The lowest BCUT2D eigenvalue weighted by molar-refractivity contribution is 0.134. The fourth-order valence-corrected chi connectivity index (χ4v) is 3.23. The summed E-state index contributed by atoms with van der Waals surface area (Å²) in [4.78, 5) is 5.20. The van der Waals surface area contributed by atoms with Gasteiger partial charge in [-0.05, 0) is 32.0 Å². The Bertz CT molecular complexity index is 392. The van der Waals surface area contributed by atoms with Crippen molar-refractivity contribution in [2.24, 2.45) is 0 Å². The molecule has 1 aliphatic rings. The summed E-state index contributed by atoms with van der Waals surface area (Å²) >= 11 is 6.45. The molecule has 0 unspecified atom stereocenters. The third-order valence-electron chi connectivity index (χ3n) is 4.15. The van der Waals surface area contributed by atoms with Gasteiger partial charge < -0.3 is 0 Å². The summed E-state index contributed by atoms with van der Waals surface area (Å²) in [6, 6.07) is 8.34. The van der Waals surface area contributed by atoms with Crippen molar-refractivity contribution in [1.29, 1.82) is 0 Å². The molecule has 2 nitrogen and oxygen atoms in total. The van der Waals surface area contributed by atoms with Crippen molar-refractivity contribution in [3.05, 3.63) is 34.9 Å². The number of hydrogen-bond donors (Lipinski definition) is 0. The van der Waals surface area contributed by atoms with Gasteiger partial charge in [-0.1, -0.05) is 56.5 Å². The second kappa shape index (κ2) is 8.02. The molecule has 0 amide bonds. The Morgan fingerprint density at radius 1 is 1.00 bits per heavy atom. The molecule has 0 bridgehead atoms. The average molecular weight is 295 g/mol. The summed E-state index contributed by atoms with van der Waals surface area (Å²) < 4.78 is 0. The van der Waals surface area contributed by atoms with Crippen molar-refractivity contribution in [2.45, 2.75) is 45.7 Å².